The molecule has 0 aromatic rings. The van der Waals surface area contributed by atoms with Crippen molar-refractivity contribution in [3.05, 3.63) is 0 Å². The average Bonchev–Trinajstić information content (AvgIpc) is 2.44. The highest BCUT2D eigenvalue weighted by Crippen LogP contribution is 2.20. The van der Waals surface area contributed by atoms with Crippen LogP contribution < -0.4 is 5.32 Å². The third-order valence-corrected chi connectivity index (χ3v) is 3.52. The Hall–Kier alpha value is -1.90. The van der Waals surface area contributed by atoms with E-state index in [1.165, 1.54) is 0 Å². The van der Waals surface area contributed by atoms with Gasteiger partial charge in [0.25, 0.3) is 0 Å². The number of aliphatic hydroxyl groups is 1. The highest BCUT2D eigenvalue weighted by atomic mass is 19.1. The molecule has 150 valence electrons. The molecule has 0 spiro atoms. The predicted octanol–water partition coefficient (Wildman–Crippen LogP) is 1.50. The van der Waals surface area contributed by atoms with E-state index in [0.29, 0.717) is 0 Å². The van der Waals surface area contributed by atoms with Crippen LogP contribution >= 0.6 is 0 Å². The normalized spacial score (nSPS) is 22.2. The van der Waals surface area contributed by atoms with Crippen molar-refractivity contribution in [1.29, 1.82) is 0 Å². The van der Waals surface area contributed by atoms with Crippen LogP contribution in [0.3, 0.4) is 0 Å². The maximum atomic E-state index is 13.7. The second-order valence-electron chi connectivity index (χ2n) is 7.60. The molecule has 2 N–H and O–H groups in total. The van der Waals surface area contributed by atoms with Crippen LogP contribution in [-0.2, 0) is 19.1 Å². The summed E-state index contributed by atoms with van der Waals surface area (Å²) < 4.78 is 23.9. The number of amides is 2. The number of likely N-dealkylation sites (tertiary alicyclic amines) is 1. The second-order valence-corrected chi connectivity index (χ2v) is 7.60. The summed E-state index contributed by atoms with van der Waals surface area (Å²) >= 11 is 0. The van der Waals surface area contributed by atoms with E-state index in [2.05, 4.69) is 5.32 Å². The van der Waals surface area contributed by atoms with Crippen molar-refractivity contribution >= 4 is 18.0 Å². The standard InChI is InChI=1S/C17H29FN2O6/c1-10(2)25-14(22)8-11(19-16(24)26-17(3,4)5)9-20-13(21)7-6-12(18)15(20)23/h10-12,15,23H,6-9H2,1-5H3,(H,19,24). The number of alkyl carbamates (subject to hydrolysis) is 1. The maximum absolute atomic E-state index is 13.7. The summed E-state index contributed by atoms with van der Waals surface area (Å²) in [4.78, 5) is 36.9. The first-order valence-electron chi connectivity index (χ1n) is 8.69. The van der Waals surface area contributed by atoms with E-state index in [9.17, 15) is 23.9 Å². The first-order chi connectivity index (χ1) is 11.9. The molecule has 0 aliphatic carbocycles. The third-order valence-electron chi connectivity index (χ3n) is 3.52. The Bertz CT molecular complexity index is 520. The monoisotopic (exact) mass is 376 g/mol. The van der Waals surface area contributed by atoms with Gasteiger partial charge in [0.1, 0.15) is 11.8 Å². The Morgan fingerprint density at radius 3 is 2.54 bits per heavy atom. The summed E-state index contributed by atoms with van der Waals surface area (Å²) in [5.41, 5.74) is -0.752. The van der Waals surface area contributed by atoms with Crippen LogP contribution in [0.2, 0.25) is 0 Å². The number of alkyl halides is 1. The van der Waals surface area contributed by atoms with E-state index < -0.39 is 42.0 Å². The fourth-order valence-corrected chi connectivity index (χ4v) is 2.49. The summed E-state index contributed by atoms with van der Waals surface area (Å²) in [6.45, 7) is 8.17. The van der Waals surface area contributed by atoms with Crippen LogP contribution in [0.4, 0.5) is 9.18 Å². The number of carbonyl (C=O) groups is 3. The largest absolute Gasteiger partial charge is 0.463 e. The van der Waals surface area contributed by atoms with Gasteiger partial charge in [-0.3, -0.25) is 9.59 Å². The van der Waals surface area contributed by atoms with Gasteiger partial charge in [-0.2, -0.15) is 0 Å². The molecule has 0 aromatic heterocycles. The quantitative estimate of drug-likeness (QED) is 0.681. The minimum atomic E-state index is -1.61. The molecule has 3 atom stereocenters. The number of piperidine rings is 1. The molecule has 1 saturated heterocycles. The first kappa shape index (κ1) is 22.1. The number of nitrogens with zero attached hydrogens (tertiary/aromatic N) is 1. The molecule has 9 heteroatoms. The number of rotatable bonds is 6. The minimum absolute atomic E-state index is 0.0478. The van der Waals surface area contributed by atoms with Gasteiger partial charge in [0.15, 0.2) is 6.23 Å². The molecule has 0 bridgehead atoms. The fourth-order valence-electron chi connectivity index (χ4n) is 2.49. The van der Waals surface area contributed by atoms with E-state index in [1.54, 1.807) is 34.6 Å². The molecule has 1 rings (SSSR count). The molecule has 2 amide bonds. The molecule has 1 aliphatic heterocycles. The van der Waals surface area contributed by atoms with E-state index in [1.807, 2.05) is 0 Å². The van der Waals surface area contributed by atoms with Gasteiger partial charge in [-0.1, -0.05) is 0 Å². The van der Waals surface area contributed by atoms with Crippen LogP contribution in [0, 0.1) is 0 Å². The van der Waals surface area contributed by atoms with Gasteiger partial charge in [-0.15, -0.1) is 0 Å². The van der Waals surface area contributed by atoms with E-state index >= 15 is 0 Å². The van der Waals surface area contributed by atoms with Crippen molar-refractivity contribution in [2.75, 3.05) is 6.54 Å². The Morgan fingerprint density at radius 1 is 1.38 bits per heavy atom. The Labute approximate surface area is 153 Å². The van der Waals surface area contributed by atoms with Gasteiger partial charge in [0.2, 0.25) is 5.91 Å². The van der Waals surface area contributed by atoms with Crippen LogP contribution in [-0.4, -0.2) is 64.7 Å². The fraction of sp³-hybridized carbons (Fsp3) is 0.824. The first-order valence-corrected chi connectivity index (χ1v) is 8.69. The highest BCUT2D eigenvalue weighted by Gasteiger charge is 2.36. The average molecular weight is 376 g/mol. The number of nitrogens with one attached hydrogen (secondary N) is 1. The summed E-state index contributed by atoms with van der Waals surface area (Å²) in [7, 11) is 0. The Kier molecular flexibility index (Phi) is 7.80. The lowest BCUT2D eigenvalue weighted by Crippen LogP contribution is -2.55. The number of halogens is 1. The molecular formula is C17H29FN2O6. The minimum Gasteiger partial charge on any atom is -0.463 e. The van der Waals surface area contributed by atoms with Gasteiger partial charge in [0, 0.05) is 13.0 Å². The third kappa shape index (κ3) is 7.55. The van der Waals surface area contributed by atoms with Crippen molar-refractivity contribution in [3.8, 4) is 0 Å². The zero-order valence-electron chi connectivity index (χ0n) is 16.0. The van der Waals surface area contributed by atoms with Crippen molar-refractivity contribution in [1.82, 2.24) is 10.2 Å². The molecule has 8 nitrogen and oxygen atoms in total. The number of aliphatic hydroxyl groups excluding tert-OH is 1. The zero-order chi connectivity index (χ0) is 20.1. The topological polar surface area (TPSA) is 105 Å². The van der Waals surface area contributed by atoms with E-state index in [-0.39, 0.29) is 31.9 Å². The summed E-state index contributed by atoms with van der Waals surface area (Å²) in [6, 6.07) is -0.889. The van der Waals surface area contributed by atoms with Crippen molar-refractivity contribution in [2.45, 2.75) is 84.0 Å². The smallest absolute Gasteiger partial charge is 0.407 e. The maximum Gasteiger partial charge on any atom is 0.407 e. The van der Waals surface area contributed by atoms with Gasteiger partial charge in [-0.25, -0.2) is 9.18 Å². The van der Waals surface area contributed by atoms with Crippen molar-refractivity contribution in [2.24, 2.45) is 0 Å². The van der Waals surface area contributed by atoms with Crippen LogP contribution in [0.25, 0.3) is 0 Å². The number of carbonyl (C=O) groups excluding carboxylic acids is 3. The molecule has 3 unspecified atom stereocenters. The number of hydrogen-bond donors (Lipinski definition) is 2. The van der Waals surface area contributed by atoms with Crippen molar-refractivity contribution < 1.29 is 33.4 Å². The second kappa shape index (κ2) is 9.16. The molecule has 0 aromatic carbocycles. The molecule has 1 heterocycles. The molecule has 26 heavy (non-hydrogen) atoms. The van der Waals surface area contributed by atoms with E-state index in [4.69, 9.17) is 9.47 Å². The molecule has 1 aliphatic rings. The molecule has 0 saturated carbocycles. The van der Waals surface area contributed by atoms with Gasteiger partial charge in [0.05, 0.1) is 18.6 Å². The predicted molar refractivity (Wildman–Crippen MR) is 90.9 cm³/mol. The van der Waals surface area contributed by atoms with Crippen LogP contribution in [0.15, 0.2) is 0 Å². The Balaban J connectivity index is 2.83. The lowest BCUT2D eigenvalue weighted by molar-refractivity contribution is -0.157. The lowest BCUT2D eigenvalue weighted by atomic mass is 10.0. The zero-order valence-corrected chi connectivity index (χ0v) is 16.0. The lowest BCUT2D eigenvalue weighted by Gasteiger charge is -2.36. The summed E-state index contributed by atoms with van der Waals surface area (Å²) in [5, 5.41) is 12.4. The van der Waals surface area contributed by atoms with Gasteiger partial charge in [-0.05, 0) is 41.0 Å². The van der Waals surface area contributed by atoms with Gasteiger partial charge < -0.3 is 24.8 Å². The highest BCUT2D eigenvalue weighted by molar-refractivity contribution is 5.78. The molecule has 0 radical (unpaired) electrons. The summed E-state index contributed by atoms with van der Waals surface area (Å²) in [5.74, 6) is -1.03. The molecular weight excluding hydrogens is 347 g/mol. The SMILES string of the molecule is CC(C)OC(=O)CC(CN1C(=O)CCC(F)C1O)NC(=O)OC(C)(C)C. The van der Waals surface area contributed by atoms with Crippen LogP contribution in [0.1, 0.15) is 53.9 Å². The van der Waals surface area contributed by atoms with Gasteiger partial charge >= 0.3 is 12.1 Å². The summed E-state index contributed by atoms with van der Waals surface area (Å²) in [6.07, 6.45) is -4.66. The number of ether oxygens (including phenoxy) is 2. The number of esters is 1. The Morgan fingerprint density at radius 2 is 2.00 bits per heavy atom. The van der Waals surface area contributed by atoms with Crippen molar-refractivity contribution in [3.63, 3.8) is 0 Å². The van der Waals surface area contributed by atoms with Crippen LogP contribution in [0.5, 0.6) is 0 Å². The molecule has 1 fully saturated rings. The number of hydrogen-bond acceptors (Lipinski definition) is 6. The van der Waals surface area contributed by atoms with E-state index in [0.717, 1.165) is 4.90 Å².